The molecule has 0 N–H and O–H groups in total. The van der Waals surface area contributed by atoms with E-state index < -0.39 is 7.92 Å². The molecule has 0 aliphatic heterocycles. The standard InChI is InChI=1S/C18H15P.CH6OSi/c1-4-10-16(11-5-1)19(17-12-6-2-7-13-17)18-14-8-3-9-15-18;1-2-3/h1-15H;1,3H3. The second-order valence-corrected chi connectivity index (χ2v) is 7.79. The number of rotatable bonds is 3. The molecule has 22 heavy (non-hydrogen) atoms. The van der Waals surface area contributed by atoms with Gasteiger partial charge in [0.1, 0.15) is 10.5 Å². The van der Waals surface area contributed by atoms with Gasteiger partial charge in [-0.3, -0.25) is 0 Å². The van der Waals surface area contributed by atoms with E-state index in [9.17, 15) is 0 Å². The summed E-state index contributed by atoms with van der Waals surface area (Å²) in [7, 11) is 2.11. The van der Waals surface area contributed by atoms with Gasteiger partial charge in [0.05, 0.1) is 0 Å². The summed E-state index contributed by atoms with van der Waals surface area (Å²) in [6, 6.07) is 32.3. The van der Waals surface area contributed by atoms with E-state index in [0.29, 0.717) is 0 Å². The van der Waals surface area contributed by atoms with Crippen LogP contribution in [0.1, 0.15) is 0 Å². The van der Waals surface area contributed by atoms with Gasteiger partial charge in [0.25, 0.3) is 0 Å². The highest BCUT2D eigenvalue weighted by Crippen LogP contribution is 2.32. The first kappa shape index (κ1) is 16.6. The van der Waals surface area contributed by atoms with Gasteiger partial charge in [0, 0.05) is 7.11 Å². The summed E-state index contributed by atoms with van der Waals surface area (Å²) in [5, 5.41) is 4.19. The summed E-state index contributed by atoms with van der Waals surface area (Å²) in [5.74, 6) is 0. The fraction of sp³-hybridized carbons (Fsp3) is 0.0526. The Bertz CT molecular complexity index is 550. The number of hydrogen-bond acceptors (Lipinski definition) is 1. The molecule has 1 nitrogen and oxygen atoms in total. The summed E-state index contributed by atoms with van der Waals surface area (Å²) < 4.78 is 4.39. The molecule has 3 aromatic carbocycles. The van der Waals surface area contributed by atoms with Crippen LogP contribution in [-0.4, -0.2) is 17.6 Å². The average Bonchev–Trinajstić information content (AvgIpc) is 2.59. The van der Waals surface area contributed by atoms with Gasteiger partial charge in [-0.1, -0.05) is 91.0 Å². The smallest absolute Gasteiger partial charge is 0.145 e. The van der Waals surface area contributed by atoms with Crippen LogP contribution in [-0.2, 0) is 4.43 Å². The second-order valence-electron chi connectivity index (χ2n) is 4.75. The van der Waals surface area contributed by atoms with E-state index in [2.05, 4.69) is 95.4 Å². The predicted octanol–water partition coefficient (Wildman–Crippen LogP) is 2.36. The molecule has 3 rings (SSSR count). The fourth-order valence-corrected chi connectivity index (χ4v) is 4.48. The molecule has 0 unspecified atom stereocenters. The van der Waals surface area contributed by atoms with Gasteiger partial charge in [-0.2, -0.15) is 0 Å². The summed E-state index contributed by atoms with van der Waals surface area (Å²) >= 11 is 0. The molecule has 0 bridgehead atoms. The highest BCUT2D eigenvalue weighted by atomic mass is 31.1. The van der Waals surface area contributed by atoms with Crippen molar-refractivity contribution in [1.29, 1.82) is 0 Å². The minimum atomic E-state index is -0.446. The lowest BCUT2D eigenvalue weighted by Gasteiger charge is -2.18. The maximum Gasteiger partial charge on any atom is 0.145 e. The van der Waals surface area contributed by atoms with Crippen LogP contribution < -0.4 is 15.9 Å². The van der Waals surface area contributed by atoms with Gasteiger partial charge in [-0.25, -0.2) is 0 Å². The van der Waals surface area contributed by atoms with Crippen molar-refractivity contribution in [3.8, 4) is 0 Å². The zero-order valence-corrected chi connectivity index (χ0v) is 15.9. The topological polar surface area (TPSA) is 9.23 Å². The quantitative estimate of drug-likeness (QED) is 0.531. The molecule has 0 atom stereocenters. The van der Waals surface area contributed by atoms with Crippen molar-refractivity contribution < 1.29 is 4.43 Å². The molecule has 3 aromatic rings. The molecule has 0 saturated carbocycles. The summed E-state index contributed by atoms with van der Waals surface area (Å²) in [6.07, 6.45) is 0. The van der Waals surface area contributed by atoms with Crippen LogP contribution in [0, 0.1) is 0 Å². The Morgan fingerprint density at radius 2 is 0.818 bits per heavy atom. The van der Waals surface area contributed by atoms with Crippen LogP contribution >= 0.6 is 7.92 Å². The third-order valence-electron chi connectivity index (χ3n) is 3.04. The molecular weight excluding hydrogens is 303 g/mol. The SMILES string of the molecule is CO[SiH3].c1ccc(P(c2ccccc2)c2ccccc2)cc1. The maximum atomic E-state index is 4.39. The zero-order valence-electron chi connectivity index (χ0n) is 13.0. The van der Waals surface area contributed by atoms with Crippen molar-refractivity contribution in [3.05, 3.63) is 91.0 Å². The summed E-state index contributed by atoms with van der Waals surface area (Å²) in [6.45, 7) is 0. The lowest BCUT2D eigenvalue weighted by atomic mass is 10.4. The van der Waals surface area contributed by atoms with Gasteiger partial charge < -0.3 is 4.43 Å². The van der Waals surface area contributed by atoms with Gasteiger partial charge in [0.15, 0.2) is 0 Å². The van der Waals surface area contributed by atoms with E-state index in [1.54, 1.807) is 7.11 Å². The highest BCUT2D eigenvalue weighted by molar-refractivity contribution is 7.79. The highest BCUT2D eigenvalue weighted by Gasteiger charge is 2.14. The van der Waals surface area contributed by atoms with Gasteiger partial charge >= 0.3 is 0 Å². The Hall–Kier alpha value is -1.73. The maximum absolute atomic E-state index is 4.39. The lowest BCUT2D eigenvalue weighted by Crippen LogP contribution is -2.20. The van der Waals surface area contributed by atoms with Crippen molar-refractivity contribution in [1.82, 2.24) is 0 Å². The normalized spacial score (nSPS) is 10.1. The molecule has 0 saturated heterocycles. The van der Waals surface area contributed by atoms with Crippen molar-refractivity contribution >= 4 is 34.3 Å². The first-order valence-electron chi connectivity index (χ1n) is 7.22. The fourth-order valence-electron chi connectivity index (χ4n) is 2.18. The van der Waals surface area contributed by atoms with Crippen LogP contribution in [0.4, 0.5) is 0 Å². The van der Waals surface area contributed by atoms with E-state index in [-0.39, 0.29) is 0 Å². The largest absolute Gasteiger partial charge is 0.431 e. The molecule has 0 aliphatic rings. The summed E-state index contributed by atoms with van der Waals surface area (Å²) in [5.41, 5.74) is 0. The second kappa shape index (κ2) is 9.32. The lowest BCUT2D eigenvalue weighted by molar-refractivity contribution is 0.460. The van der Waals surface area contributed by atoms with E-state index in [1.165, 1.54) is 15.9 Å². The van der Waals surface area contributed by atoms with Crippen LogP contribution in [0.5, 0.6) is 0 Å². The average molecular weight is 324 g/mol. The van der Waals surface area contributed by atoms with E-state index in [4.69, 9.17) is 0 Å². The van der Waals surface area contributed by atoms with E-state index >= 15 is 0 Å². The first-order valence-corrected chi connectivity index (χ1v) is 9.38. The Morgan fingerprint density at radius 1 is 0.591 bits per heavy atom. The molecule has 3 heteroatoms. The first-order chi connectivity index (χ1) is 10.9. The van der Waals surface area contributed by atoms with Crippen LogP contribution in [0.25, 0.3) is 0 Å². The zero-order chi connectivity index (χ0) is 15.6. The van der Waals surface area contributed by atoms with Gasteiger partial charge in [-0.05, 0) is 23.8 Å². The van der Waals surface area contributed by atoms with Crippen molar-refractivity contribution in [3.63, 3.8) is 0 Å². The van der Waals surface area contributed by atoms with Gasteiger partial charge in [0.2, 0.25) is 0 Å². The van der Waals surface area contributed by atoms with E-state index in [0.717, 1.165) is 10.5 Å². The monoisotopic (exact) mass is 324 g/mol. The molecule has 0 aliphatic carbocycles. The molecule has 0 amide bonds. The molecule has 0 spiro atoms. The van der Waals surface area contributed by atoms with Crippen molar-refractivity contribution in [2.75, 3.05) is 7.11 Å². The van der Waals surface area contributed by atoms with Crippen LogP contribution in [0.15, 0.2) is 91.0 Å². The minimum absolute atomic E-state index is 0.446. The molecule has 112 valence electrons. The Kier molecular flexibility index (Phi) is 7.05. The number of hydrogen-bond donors (Lipinski definition) is 0. The van der Waals surface area contributed by atoms with Gasteiger partial charge in [-0.15, -0.1) is 0 Å². The minimum Gasteiger partial charge on any atom is -0.431 e. The van der Waals surface area contributed by atoms with Crippen molar-refractivity contribution in [2.24, 2.45) is 0 Å². The van der Waals surface area contributed by atoms with Crippen molar-refractivity contribution in [2.45, 2.75) is 0 Å². The molecule has 0 aromatic heterocycles. The third-order valence-corrected chi connectivity index (χ3v) is 5.49. The molecule has 0 heterocycles. The Morgan fingerprint density at radius 3 is 1.05 bits per heavy atom. The molecule has 0 fully saturated rings. The number of benzene rings is 3. The summed E-state index contributed by atoms with van der Waals surface area (Å²) in [4.78, 5) is 0. The predicted molar refractivity (Wildman–Crippen MR) is 102 cm³/mol. The molecular formula is C19H21OPSi. The van der Waals surface area contributed by atoms with Crippen LogP contribution in [0.2, 0.25) is 0 Å². The Balaban J connectivity index is 0.000000545. The van der Waals surface area contributed by atoms with E-state index in [1.807, 2.05) is 0 Å². The third kappa shape index (κ3) is 4.64. The molecule has 0 radical (unpaired) electrons. The van der Waals surface area contributed by atoms with Crippen LogP contribution in [0.3, 0.4) is 0 Å². The Labute approximate surface area is 137 Å².